The van der Waals surface area contributed by atoms with Crippen LogP contribution in [-0.4, -0.2) is 31.0 Å². The third-order valence-electron chi connectivity index (χ3n) is 5.92. The Morgan fingerprint density at radius 2 is 2.06 bits per heavy atom. The van der Waals surface area contributed by atoms with Gasteiger partial charge in [0.1, 0.15) is 5.75 Å². The average Bonchev–Trinajstić information content (AvgIpc) is 2.78. The van der Waals surface area contributed by atoms with E-state index >= 15 is 0 Å². The first kappa shape index (κ1) is 21.1. The molecular formula is C27H30N2O2. The van der Waals surface area contributed by atoms with Gasteiger partial charge in [0, 0.05) is 18.8 Å². The van der Waals surface area contributed by atoms with Crippen LogP contribution in [0.15, 0.2) is 83.3 Å². The van der Waals surface area contributed by atoms with Gasteiger partial charge in [0.15, 0.2) is 0 Å². The zero-order valence-corrected chi connectivity index (χ0v) is 18.6. The van der Waals surface area contributed by atoms with Crippen LogP contribution >= 0.6 is 0 Å². The number of carbonyl (C=O) groups excluding carboxylic acids is 1. The number of amides is 1. The Morgan fingerprint density at radius 1 is 1.19 bits per heavy atom. The summed E-state index contributed by atoms with van der Waals surface area (Å²) in [6.45, 7) is 6.07. The molecule has 0 spiro atoms. The molecular weight excluding hydrogens is 384 g/mol. The summed E-state index contributed by atoms with van der Waals surface area (Å²) in [7, 11) is 1.70. The molecule has 0 aliphatic carbocycles. The first-order valence-corrected chi connectivity index (χ1v) is 11.0. The molecule has 0 radical (unpaired) electrons. The smallest absolute Gasteiger partial charge is 0.255 e. The maximum absolute atomic E-state index is 13.3. The van der Waals surface area contributed by atoms with Gasteiger partial charge in [-0.2, -0.15) is 0 Å². The molecule has 0 unspecified atom stereocenters. The molecule has 4 nitrogen and oxygen atoms in total. The van der Waals surface area contributed by atoms with Crippen LogP contribution in [0.1, 0.15) is 37.8 Å². The van der Waals surface area contributed by atoms with E-state index < -0.39 is 0 Å². The lowest BCUT2D eigenvalue weighted by molar-refractivity contribution is -0.122. The molecule has 1 amide bonds. The Hall–Kier alpha value is -3.11. The number of nitrogens with one attached hydrogen (secondary N) is 1. The Labute approximate surface area is 185 Å². The number of hydrogen-bond acceptors (Lipinski definition) is 3. The van der Waals surface area contributed by atoms with Crippen molar-refractivity contribution in [2.24, 2.45) is 0 Å². The van der Waals surface area contributed by atoms with Crippen molar-refractivity contribution in [1.29, 1.82) is 0 Å². The highest BCUT2D eigenvalue weighted by atomic mass is 16.5. The predicted octanol–water partition coefficient (Wildman–Crippen LogP) is 5.08. The maximum Gasteiger partial charge on any atom is 0.255 e. The fourth-order valence-corrected chi connectivity index (χ4v) is 4.29. The maximum atomic E-state index is 13.3. The predicted molar refractivity (Wildman–Crippen MR) is 126 cm³/mol. The van der Waals surface area contributed by atoms with Crippen LogP contribution < -0.4 is 10.1 Å². The van der Waals surface area contributed by atoms with Gasteiger partial charge in [-0.05, 0) is 84.0 Å². The molecule has 0 bridgehead atoms. The van der Waals surface area contributed by atoms with Crippen LogP contribution in [0, 0.1) is 0 Å². The fourth-order valence-electron chi connectivity index (χ4n) is 4.29. The largest absolute Gasteiger partial charge is 0.496 e. The van der Waals surface area contributed by atoms with Crippen LogP contribution in [0.2, 0.25) is 0 Å². The first-order chi connectivity index (χ1) is 15.1. The van der Waals surface area contributed by atoms with Crippen molar-refractivity contribution in [1.82, 2.24) is 10.2 Å². The van der Waals surface area contributed by atoms with Crippen LogP contribution in [0.3, 0.4) is 0 Å². The van der Waals surface area contributed by atoms with Crippen molar-refractivity contribution >= 4 is 11.5 Å². The molecule has 4 heteroatoms. The topological polar surface area (TPSA) is 41.6 Å². The lowest BCUT2D eigenvalue weighted by Gasteiger charge is -2.29. The molecule has 3 aliphatic rings. The Kier molecular flexibility index (Phi) is 6.38. The van der Waals surface area contributed by atoms with Gasteiger partial charge in [0.25, 0.3) is 5.91 Å². The number of ether oxygens (including phenoxy) is 1. The molecule has 3 aliphatic heterocycles. The molecule has 1 aromatic carbocycles. The Bertz CT molecular complexity index is 1070. The van der Waals surface area contributed by atoms with Gasteiger partial charge < -0.3 is 10.1 Å². The van der Waals surface area contributed by atoms with Gasteiger partial charge in [-0.1, -0.05) is 37.6 Å². The van der Waals surface area contributed by atoms with E-state index in [4.69, 9.17) is 4.74 Å². The molecule has 0 atom stereocenters. The summed E-state index contributed by atoms with van der Waals surface area (Å²) in [5, 5.41) is 3.35. The summed E-state index contributed by atoms with van der Waals surface area (Å²) < 4.78 is 5.51. The quantitative estimate of drug-likeness (QED) is 0.731. The zero-order chi connectivity index (χ0) is 21.8. The Morgan fingerprint density at radius 3 is 2.81 bits per heavy atom. The highest BCUT2D eigenvalue weighted by Gasteiger charge is 2.23. The van der Waals surface area contributed by atoms with Crippen LogP contribution in [-0.2, 0) is 11.2 Å². The second-order valence-electron chi connectivity index (χ2n) is 8.09. The number of benzene rings is 1. The lowest BCUT2D eigenvalue weighted by atomic mass is 9.94. The third-order valence-corrected chi connectivity index (χ3v) is 5.92. The van der Waals surface area contributed by atoms with Crippen molar-refractivity contribution in [3.8, 4) is 5.75 Å². The zero-order valence-electron chi connectivity index (χ0n) is 18.6. The summed E-state index contributed by atoms with van der Waals surface area (Å²) in [4.78, 5) is 15.1. The van der Waals surface area contributed by atoms with Crippen LogP contribution in [0.5, 0.6) is 5.75 Å². The summed E-state index contributed by atoms with van der Waals surface area (Å²) in [5.74, 6) is 0.868. The van der Waals surface area contributed by atoms with Gasteiger partial charge >= 0.3 is 0 Å². The summed E-state index contributed by atoms with van der Waals surface area (Å²) >= 11 is 0. The molecule has 1 aromatic rings. The normalized spacial score (nSPS) is 20.4. The molecule has 1 N–H and O–H groups in total. The van der Waals surface area contributed by atoms with E-state index in [9.17, 15) is 4.79 Å². The molecule has 0 fully saturated rings. The SMILES string of the molecule is CCCc1cc(C2=CC(=O)N3C=C(C4=CCNCC4)C=C(C)/C3=C\C=C2)ccc1OC. The monoisotopic (exact) mass is 414 g/mol. The van der Waals surface area contributed by atoms with E-state index in [1.54, 1.807) is 18.1 Å². The van der Waals surface area contributed by atoms with Gasteiger partial charge in [-0.15, -0.1) is 0 Å². The minimum atomic E-state index is -0.0297. The van der Waals surface area contributed by atoms with Gasteiger partial charge in [0.05, 0.1) is 12.8 Å². The highest BCUT2D eigenvalue weighted by Crippen LogP contribution is 2.32. The number of methoxy groups -OCH3 is 1. The van der Waals surface area contributed by atoms with E-state index in [0.29, 0.717) is 0 Å². The minimum absolute atomic E-state index is 0.0297. The van der Waals surface area contributed by atoms with Gasteiger partial charge in [0.2, 0.25) is 0 Å². The summed E-state index contributed by atoms with van der Waals surface area (Å²) in [6.07, 6.45) is 17.2. The van der Waals surface area contributed by atoms with E-state index in [-0.39, 0.29) is 5.91 Å². The van der Waals surface area contributed by atoms with E-state index in [1.807, 2.05) is 36.6 Å². The lowest BCUT2D eigenvalue weighted by Crippen LogP contribution is -2.28. The van der Waals surface area contributed by atoms with Crippen molar-refractivity contribution in [2.45, 2.75) is 33.1 Å². The number of rotatable bonds is 5. The van der Waals surface area contributed by atoms with E-state index in [0.717, 1.165) is 66.1 Å². The molecule has 160 valence electrons. The molecule has 3 heterocycles. The first-order valence-electron chi connectivity index (χ1n) is 11.0. The number of fused-ring (bicyclic) bond motifs is 1. The second-order valence-corrected chi connectivity index (χ2v) is 8.09. The molecule has 0 saturated heterocycles. The molecule has 0 aromatic heterocycles. The third kappa shape index (κ3) is 4.49. The van der Waals surface area contributed by atoms with Crippen molar-refractivity contribution in [3.05, 3.63) is 94.4 Å². The highest BCUT2D eigenvalue weighted by molar-refractivity contribution is 6.00. The molecule has 4 rings (SSSR count). The number of nitrogens with zero attached hydrogens (tertiary/aromatic N) is 1. The number of carbonyl (C=O) groups is 1. The minimum Gasteiger partial charge on any atom is -0.496 e. The van der Waals surface area contributed by atoms with E-state index in [1.165, 1.54) is 11.1 Å². The van der Waals surface area contributed by atoms with Crippen LogP contribution in [0.4, 0.5) is 0 Å². The molecule has 0 saturated carbocycles. The fraction of sp³-hybridized carbons (Fsp3) is 0.296. The summed E-state index contributed by atoms with van der Waals surface area (Å²) in [6, 6.07) is 6.16. The van der Waals surface area contributed by atoms with Gasteiger partial charge in [-0.25, -0.2) is 0 Å². The standard InChI is InChI=1S/C27H30N2O2/c1-4-6-23-16-22(9-10-26(23)31-3)21-7-5-8-25-19(2)15-24(18-29(25)27(30)17-21)20-11-13-28-14-12-20/h5,7-11,15-18,28H,4,6,12-14H2,1-3H3/b7-5?,21-17?,25-8+. The number of allylic oxidation sites excluding steroid dienone is 7. The van der Waals surface area contributed by atoms with Crippen molar-refractivity contribution in [3.63, 3.8) is 0 Å². The van der Waals surface area contributed by atoms with Crippen molar-refractivity contribution < 1.29 is 9.53 Å². The second kappa shape index (κ2) is 9.36. The number of aryl methyl sites for hydroxylation is 1. The van der Waals surface area contributed by atoms with Crippen molar-refractivity contribution in [2.75, 3.05) is 20.2 Å². The number of hydrogen-bond donors (Lipinski definition) is 1. The average molecular weight is 415 g/mol. The van der Waals surface area contributed by atoms with E-state index in [2.05, 4.69) is 37.4 Å². The Balaban J connectivity index is 1.71. The summed E-state index contributed by atoms with van der Waals surface area (Å²) in [5.41, 5.74) is 7.55. The molecule has 31 heavy (non-hydrogen) atoms. The van der Waals surface area contributed by atoms with Crippen LogP contribution in [0.25, 0.3) is 5.57 Å². The van der Waals surface area contributed by atoms with Gasteiger partial charge in [-0.3, -0.25) is 9.69 Å².